The van der Waals surface area contributed by atoms with Crippen LogP contribution in [0, 0.1) is 5.92 Å². The number of anilines is 2. The van der Waals surface area contributed by atoms with Crippen LogP contribution in [-0.2, 0) is 50.1 Å². The second-order valence-corrected chi connectivity index (χ2v) is 18.4. The highest BCUT2D eigenvalue weighted by molar-refractivity contribution is 6.31. The van der Waals surface area contributed by atoms with Gasteiger partial charge in [0.15, 0.2) is 0 Å². The minimum absolute atomic E-state index is 0.0310. The number of rotatable bonds is 18. The van der Waals surface area contributed by atoms with Gasteiger partial charge in [-0.1, -0.05) is 54.1 Å². The number of ether oxygens (including phenoxy) is 3. The number of carbonyl (C=O) groups excluding carboxylic acids is 6. The summed E-state index contributed by atoms with van der Waals surface area (Å²) in [5.74, 6) is -2.35. The van der Waals surface area contributed by atoms with Gasteiger partial charge in [0, 0.05) is 77.0 Å². The number of imide groups is 1. The highest BCUT2D eigenvalue weighted by Gasteiger charge is 2.71. The fourth-order valence-electron chi connectivity index (χ4n) is 10.8. The van der Waals surface area contributed by atoms with E-state index in [0.717, 1.165) is 28.1 Å². The first-order valence-corrected chi connectivity index (χ1v) is 23.0. The van der Waals surface area contributed by atoms with Crippen LogP contribution in [0.15, 0.2) is 66.7 Å². The quantitative estimate of drug-likeness (QED) is 0.0921. The molecule has 4 atom stereocenters. The smallest absolute Gasteiger partial charge is 0.255 e. The molecule has 3 aromatic carbocycles. The third-order valence-corrected chi connectivity index (χ3v) is 14.1. The lowest BCUT2D eigenvalue weighted by atomic mass is 9.60. The number of nitrogens with zero attached hydrogens (tertiary/aromatic N) is 2. The van der Waals surface area contributed by atoms with Crippen molar-refractivity contribution in [2.45, 2.75) is 93.9 Å². The Bertz CT molecular complexity index is 2300. The minimum atomic E-state index is -1.14. The molecule has 1 saturated carbocycles. The molecular formula is C48H58ClN7O9. The first-order chi connectivity index (χ1) is 31.3. The number of hydrogen-bond donors (Lipinski definition) is 5. The van der Waals surface area contributed by atoms with Gasteiger partial charge in [0.25, 0.3) is 5.91 Å². The van der Waals surface area contributed by atoms with Crippen molar-refractivity contribution in [3.05, 3.63) is 94.0 Å². The number of nitrogens with two attached hydrogens (primary N) is 1. The van der Waals surface area contributed by atoms with Crippen LogP contribution in [0.3, 0.4) is 0 Å². The molecule has 6 N–H and O–H groups in total. The lowest BCUT2D eigenvalue weighted by Gasteiger charge is -2.42. The fourth-order valence-corrected chi connectivity index (χ4v) is 11.0. The summed E-state index contributed by atoms with van der Waals surface area (Å²) in [6.45, 7) is 7.38. The number of nitrogens with one attached hydrogen (secondary N) is 4. The van der Waals surface area contributed by atoms with E-state index in [1.165, 1.54) is 4.90 Å². The molecule has 6 amide bonds. The predicted octanol–water partition coefficient (Wildman–Crippen LogP) is 3.54. The minimum Gasteiger partial charge on any atom is -0.382 e. The normalized spacial score (nSPS) is 25.7. The second-order valence-electron chi connectivity index (χ2n) is 18.0. The van der Waals surface area contributed by atoms with E-state index in [1.807, 2.05) is 67.3 Å². The molecule has 0 aromatic heterocycles. The first-order valence-electron chi connectivity index (χ1n) is 22.6. The van der Waals surface area contributed by atoms with Crippen LogP contribution in [0.1, 0.15) is 85.3 Å². The van der Waals surface area contributed by atoms with Crippen LogP contribution in [0.25, 0.3) is 0 Å². The van der Waals surface area contributed by atoms with Crippen molar-refractivity contribution in [1.29, 1.82) is 0 Å². The van der Waals surface area contributed by atoms with Gasteiger partial charge in [0.05, 0.1) is 45.7 Å². The van der Waals surface area contributed by atoms with Crippen molar-refractivity contribution < 1.29 is 43.0 Å². The molecule has 65 heavy (non-hydrogen) atoms. The Labute approximate surface area is 383 Å². The van der Waals surface area contributed by atoms with Gasteiger partial charge in [-0.15, -0.1) is 0 Å². The van der Waals surface area contributed by atoms with Crippen LogP contribution >= 0.6 is 11.6 Å². The van der Waals surface area contributed by atoms with Gasteiger partial charge >= 0.3 is 0 Å². The van der Waals surface area contributed by atoms with Crippen LogP contribution < -0.4 is 31.9 Å². The monoisotopic (exact) mass is 911 g/mol. The Kier molecular flexibility index (Phi) is 13.9. The molecule has 2 saturated heterocycles. The number of carbonyl (C=O) groups is 6. The number of piperidine rings is 1. The van der Waals surface area contributed by atoms with E-state index in [4.69, 9.17) is 31.5 Å². The van der Waals surface area contributed by atoms with Crippen LogP contribution in [0.4, 0.5) is 11.4 Å². The number of primary amides is 1. The predicted molar refractivity (Wildman–Crippen MR) is 242 cm³/mol. The standard InChI is InChI=1S/C48H58ClN7O9/c1-47(2)48(40(41(54-47)42(50)58)29-7-4-3-5-8-29)35-16-13-31(49)27-38(35)56(46(48)62)32-14-11-30(12-15-32)43(59)52-20-22-64-24-26-65-25-23-63-21-19-51-36-10-6-9-33-34(36)28-55(45(33)61)37-17-18-39(57)53-44(37)60/h3-10,13,16,27,30,32,37,40-41,51,54H,11-12,14-15,17-26,28H2,1-2H3,(H2,50,58)(H,52,59)(H,53,57,60)/t30?,32?,37?,40-,41+,48+/m0/s1. The van der Waals surface area contributed by atoms with E-state index >= 15 is 4.79 Å². The molecule has 1 aliphatic carbocycles. The maximum Gasteiger partial charge on any atom is 0.255 e. The van der Waals surface area contributed by atoms with Crippen molar-refractivity contribution in [2.24, 2.45) is 11.7 Å². The average molecular weight is 912 g/mol. The summed E-state index contributed by atoms with van der Waals surface area (Å²) < 4.78 is 17.0. The molecule has 346 valence electrons. The van der Waals surface area contributed by atoms with Crippen molar-refractivity contribution in [1.82, 2.24) is 20.9 Å². The molecule has 16 nitrogen and oxygen atoms in total. The van der Waals surface area contributed by atoms with Gasteiger partial charge in [0.2, 0.25) is 29.5 Å². The van der Waals surface area contributed by atoms with E-state index in [1.54, 1.807) is 18.2 Å². The average Bonchev–Trinajstić information content (AvgIpc) is 3.86. The van der Waals surface area contributed by atoms with Crippen molar-refractivity contribution in [3.63, 3.8) is 0 Å². The molecule has 4 aliphatic heterocycles. The second kappa shape index (κ2) is 19.6. The highest BCUT2D eigenvalue weighted by atomic mass is 35.5. The Hall–Kier alpha value is -5.39. The highest BCUT2D eigenvalue weighted by Crippen LogP contribution is 2.61. The topological polar surface area (TPSA) is 211 Å². The van der Waals surface area contributed by atoms with Crippen molar-refractivity contribution in [3.8, 4) is 0 Å². The maximum absolute atomic E-state index is 15.2. The maximum atomic E-state index is 15.2. The summed E-state index contributed by atoms with van der Waals surface area (Å²) in [6, 6.07) is 19.1. The molecule has 4 heterocycles. The number of hydrogen-bond acceptors (Lipinski definition) is 11. The Morgan fingerprint density at radius 2 is 1.54 bits per heavy atom. The summed E-state index contributed by atoms with van der Waals surface area (Å²) in [4.78, 5) is 81.9. The summed E-state index contributed by atoms with van der Waals surface area (Å²) in [5.41, 5.74) is 8.64. The zero-order valence-corrected chi connectivity index (χ0v) is 37.6. The first kappa shape index (κ1) is 46.2. The van der Waals surface area contributed by atoms with Crippen LogP contribution in [-0.4, -0.2) is 117 Å². The Morgan fingerprint density at radius 3 is 2.23 bits per heavy atom. The SMILES string of the molecule is CC1(C)N[C@@H](C(N)=O)[C@H](c2ccccc2)[C@]12C(=O)N(C1CCC(C(=O)NCCOCCOCCOCCNc3cccc4c3CN(C3CCC(=O)NC3=O)C4=O)CC1)c1cc(Cl)ccc12. The van der Waals surface area contributed by atoms with E-state index < -0.39 is 40.8 Å². The lowest BCUT2D eigenvalue weighted by molar-refractivity contribution is -0.137. The van der Waals surface area contributed by atoms with Gasteiger partial charge in [-0.05, 0) is 81.3 Å². The van der Waals surface area contributed by atoms with Gasteiger partial charge < -0.3 is 40.4 Å². The molecule has 1 unspecified atom stereocenters. The van der Waals surface area contributed by atoms with E-state index in [9.17, 15) is 24.0 Å². The fraction of sp³-hybridized carbons (Fsp3) is 0.500. The lowest BCUT2D eigenvalue weighted by Crippen LogP contribution is -2.58. The summed E-state index contributed by atoms with van der Waals surface area (Å²) in [6.07, 6.45) is 3.02. The molecule has 0 radical (unpaired) electrons. The molecule has 1 spiro atoms. The molecule has 17 heteroatoms. The van der Waals surface area contributed by atoms with Crippen LogP contribution in [0.2, 0.25) is 5.02 Å². The third kappa shape index (κ3) is 8.98. The van der Waals surface area contributed by atoms with E-state index in [2.05, 4.69) is 21.3 Å². The van der Waals surface area contributed by atoms with Gasteiger partial charge in [0.1, 0.15) is 11.5 Å². The van der Waals surface area contributed by atoms with Gasteiger partial charge in [-0.25, -0.2) is 0 Å². The molecular weight excluding hydrogens is 854 g/mol. The summed E-state index contributed by atoms with van der Waals surface area (Å²) >= 11 is 6.59. The number of benzene rings is 3. The zero-order chi connectivity index (χ0) is 45.9. The molecule has 0 bridgehead atoms. The number of amides is 6. The number of halogens is 1. The van der Waals surface area contributed by atoms with Crippen LogP contribution in [0.5, 0.6) is 0 Å². The van der Waals surface area contributed by atoms with Gasteiger partial charge in [-0.2, -0.15) is 0 Å². The van der Waals surface area contributed by atoms with Crippen molar-refractivity contribution in [2.75, 3.05) is 62.9 Å². The zero-order valence-electron chi connectivity index (χ0n) is 36.9. The van der Waals surface area contributed by atoms with Gasteiger partial charge in [-0.3, -0.25) is 39.4 Å². The number of fused-ring (bicyclic) bond motifs is 3. The van der Waals surface area contributed by atoms with E-state index in [0.29, 0.717) is 102 Å². The third-order valence-electron chi connectivity index (χ3n) is 13.8. The van der Waals surface area contributed by atoms with Crippen molar-refractivity contribution >= 4 is 58.4 Å². The Morgan fingerprint density at radius 1 is 0.846 bits per heavy atom. The molecule has 3 fully saturated rings. The largest absolute Gasteiger partial charge is 0.382 e. The van der Waals surface area contributed by atoms with E-state index in [-0.39, 0.29) is 42.0 Å². The summed E-state index contributed by atoms with van der Waals surface area (Å²) in [5, 5.41) is 12.6. The molecule has 3 aromatic rings. The Balaban J connectivity index is 0.726. The molecule has 8 rings (SSSR count). The molecule has 5 aliphatic rings. The summed E-state index contributed by atoms with van der Waals surface area (Å²) in [7, 11) is 0.